The average molecular weight is 1990 g/mol. The molecule has 3 aromatic heterocycles. The summed E-state index contributed by atoms with van der Waals surface area (Å²) in [6, 6.07) is 47.4. The molecule has 14 rings (SSSR count). The predicted molar refractivity (Wildman–Crippen MR) is 520 cm³/mol. The van der Waals surface area contributed by atoms with Gasteiger partial charge in [0.25, 0.3) is 17.8 Å². The molecule has 1 saturated carbocycles. The first-order chi connectivity index (χ1) is 65.5. The first-order valence-corrected chi connectivity index (χ1v) is 47.3. The van der Waals surface area contributed by atoms with E-state index in [1.54, 1.807) is 60.7 Å². The summed E-state index contributed by atoms with van der Waals surface area (Å²) in [5, 5.41) is 25.7. The number of ether oxygens (including phenoxy) is 2. The van der Waals surface area contributed by atoms with E-state index in [-0.39, 0.29) is 88.2 Å². The molecule has 3 N–H and O–H groups in total. The summed E-state index contributed by atoms with van der Waals surface area (Å²) in [7, 11) is 1.62. The lowest BCUT2D eigenvalue weighted by Gasteiger charge is -2.52. The number of hydrogen-bond acceptors (Lipinski definition) is 13. The van der Waals surface area contributed by atoms with Crippen LogP contribution in [-0.4, -0.2) is 148 Å². The van der Waals surface area contributed by atoms with Crippen molar-refractivity contribution in [3.05, 3.63) is 306 Å². The van der Waals surface area contributed by atoms with Crippen molar-refractivity contribution in [2.45, 2.75) is 213 Å². The Morgan fingerprint density at radius 3 is 1.81 bits per heavy atom. The van der Waals surface area contributed by atoms with E-state index in [9.17, 15) is 68.7 Å². The van der Waals surface area contributed by atoms with Crippen LogP contribution in [0.15, 0.2) is 201 Å². The maximum Gasteiger partial charge on any atom is 0.326 e. The molecular weight excluding hydrogens is 1860 g/mol. The summed E-state index contributed by atoms with van der Waals surface area (Å²) in [4.78, 5) is 81.7. The molecular formula is C107H121Cl3F10N11O8+. The zero-order valence-corrected chi connectivity index (χ0v) is 82.8. The monoisotopic (exact) mass is 1980 g/mol. The standard InChI is InChI=1S/C25H22F6N3O2.C21H19ClFN3O.C21H26F2N2O2.C21H27NO2.C19H27Cl2FN2O/c1-24(30,31)15-34-23(35)33(14-16-8-12-32(36)13-9-16)20-7-6-19(28)22(29)21(20)25(34,10-11-26)17-2-4-18(27)5-3-17;1-13(23)12-26-20(27)25-19-9-8-17(22)10-18(19)21(26,16-6-7-16)15-4-2-14(11-24)3-5-15;1-14(2)17-7-5-16(6-8-17)10-18(26)9-15(3)19-11-25-20(12-24-19)27-13-21(4,22)23;1-15(20-11-10-19(24-5)14-22-20)12-18(23)13-16-6-8-17(9-7-16)21(2,3)4;1-19(2,3)5-7-24-6-4-13(17(22)12-24)11-23-18(25)14-8-15(20)10-16(21)9-14/h2-9,12-13,36H,10-11,14-15H2,1H3;2-5,8-10,13,16H,6-7,12H2,1H3,(H,25,27);5-8,11-12,14-15H,9-10,13H2,1-4H3;6-11,14-15H,12-13H2,1-5H3;8-10,13,17H,4-7,11-12H2,1-3H3,(H,23,25)/q+1;;;;/t;13?,21-;2*15-;13-,17-/m.1001/s1. The summed E-state index contributed by atoms with van der Waals surface area (Å²) in [5.41, 5.74) is 6.69. The van der Waals surface area contributed by atoms with Gasteiger partial charge in [-0.1, -0.05) is 177 Å². The molecule has 32 heteroatoms. The number of carbonyl (C=O) groups excluding carboxylic acids is 5. The third kappa shape index (κ3) is 30.2. The first-order valence-electron chi connectivity index (χ1n) is 46.2. The Labute approximate surface area is 822 Å². The number of carbonyl (C=O) groups is 5. The number of methoxy groups -OCH3 is 1. The van der Waals surface area contributed by atoms with E-state index in [1.807, 2.05) is 56.3 Å². The normalized spacial score (nSPS) is 17.7. The molecule has 0 radical (unpaired) electrons. The lowest BCUT2D eigenvalue weighted by Crippen LogP contribution is -2.62. The molecule has 1 aliphatic carbocycles. The number of alkyl halides is 7. The molecule has 10 aromatic rings. The highest BCUT2D eigenvalue weighted by Crippen LogP contribution is 2.58. The molecule has 3 aliphatic heterocycles. The Balaban J connectivity index is 0.000000181. The van der Waals surface area contributed by atoms with Gasteiger partial charge in [-0.3, -0.25) is 38.8 Å². The maximum absolute atomic E-state index is 15.6. The van der Waals surface area contributed by atoms with Gasteiger partial charge >= 0.3 is 12.1 Å². The van der Waals surface area contributed by atoms with Crippen molar-refractivity contribution >= 4 is 75.7 Å². The number of pyridine rings is 2. The predicted octanol–water partition coefficient (Wildman–Crippen LogP) is 24.9. The number of nitrogens with one attached hydrogen (secondary N) is 2. The van der Waals surface area contributed by atoms with Crippen molar-refractivity contribution in [3.63, 3.8) is 0 Å². The van der Waals surface area contributed by atoms with Crippen molar-refractivity contribution in [2.24, 2.45) is 17.3 Å². The Bertz CT molecular complexity index is 5830. The van der Waals surface area contributed by atoms with E-state index < -0.39 is 90.6 Å². The van der Waals surface area contributed by atoms with Gasteiger partial charge in [0.05, 0.1) is 75.0 Å². The molecule has 0 spiro atoms. The third-order valence-corrected chi connectivity index (χ3v) is 25.2. The van der Waals surface area contributed by atoms with Crippen LogP contribution in [0.1, 0.15) is 230 Å². The fourth-order valence-electron chi connectivity index (χ4n) is 17.1. The Hall–Kier alpha value is -11.7. The lowest BCUT2D eigenvalue weighted by molar-refractivity contribution is -0.904. The Kier molecular flexibility index (Phi) is 37.7. The van der Waals surface area contributed by atoms with Gasteiger partial charge in [0, 0.05) is 137 Å². The van der Waals surface area contributed by atoms with Crippen LogP contribution in [0, 0.1) is 46.0 Å². The van der Waals surface area contributed by atoms with Crippen molar-refractivity contribution < 1.29 is 87.3 Å². The van der Waals surface area contributed by atoms with Crippen LogP contribution in [0.2, 0.25) is 15.1 Å². The summed E-state index contributed by atoms with van der Waals surface area (Å²) < 4.78 is 152. The molecule has 7 aromatic carbocycles. The van der Waals surface area contributed by atoms with E-state index in [0.717, 1.165) is 125 Å². The molecule has 19 nitrogen and oxygen atoms in total. The topological polar surface area (TPSA) is 227 Å². The summed E-state index contributed by atoms with van der Waals surface area (Å²) in [5.74, 6) is -8.53. The number of urea groups is 2. The summed E-state index contributed by atoms with van der Waals surface area (Å²) in [6.07, 6.45) is 9.61. The van der Waals surface area contributed by atoms with E-state index in [1.165, 1.54) is 55.0 Å². The molecule has 139 heavy (non-hydrogen) atoms. The smallest absolute Gasteiger partial charge is 0.326 e. The second kappa shape index (κ2) is 48.0. The number of likely N-dealkylation sites (tertiary alicyclic amines) is 1. The van der Waals surface area contributed by atoms with Gasteiger partial charge in [0.2, 0.25) is 18.3 Å². The minimum atomic E-state index is -3.50. The average Bonchev–Trinajstić information content (AvgIpc) is 1.68. The quantitative estimate of drug-likeness (QED) is 0.0209. The second-order valence-corrected chi connectivity index (χ2v) is 40.0. The van der Waals surface area contributed by atoms with E-state index >= 15 is 4.39 Å². The summed E-state index contributed by atoms with van der Waals surface area (Å²) in [6.45, 7) is 23.3. The van der Waals surface area contributed by atoms with Crippen molar-refractivity contribution in [1.82, 2.24) is 35.0 Å². The van der Waals surface area contributed by atoms with E-state index in [4.69, 9.17) is 49.5 Å². The first kappa shape index (κ1) is 109. The van der Waals surface area contributed by atoms with Crippen molar-refractivity contribution in [3.8, 4) is 17.7 Å². The molecule has 2 fully saturated rings. The van der Waals surface area contributed by atoms with Gasteiger partial charge in [-0.05, 0) is 192 Å². The number of rotatable bonds is 31. The number of halogens is 13. The number of amides is 5. The maximum atomic E-state index is 15.6. The number of anilines is 2. The van der Waals surface area contributed by atoms with Crippen LogP contribution in [-0.2, 0) is 45.5 Å². The molecule has 1 saturated heterocycles. The Morgan fingerprint density at radius 2 is 1.29 bits per heavy atom. The highest BCUT2D eigenvalue weighted by molar-refractivity contribution is 6.35. The molecule has 2 unspecified atom stereocenters. The number of benzene rings is 7. The lowest BCUT2D eigenvalue weighted by atomic mass is 9.75. The van der Waals surface area contributed by atoms with E-state index in [2.05, 4.69) is 128 Å². The van der Waals surface area contributed by atoms with Crippen LogP contribution in [0.3, 0.4) is 0 Å². The number of hydrogen-bond donors (Lipinski definition) is 3. The molecule has 0 bridgehead atoms. The molecule has 7 atom stereocenters. The fourth-order valence-corrected chi connectivity index (χ4v) is 17.8. The molecule has 4 aliphatic rings. The zero-order valence-electron chi connectivity index (χ0n) is 80.6. The van der Waals surface area contributed by atoms with E-state index in [0.29, 0.717) is 99.7 Å². The van der Waals surface area contributed by atoms with Crippen LogP contribution >= 0.6 is 34.8 Å². The van der Waals surface area contributed by atoms with Crippen molar-refractivity contribution in [1.29, 1.82) is 5.26 Å². The number of aromatic nitrogens is 4. The van der Waals surface area contributed by atoms with Crippen LogP contribution in [0.5, 0.6) is 11.6 Å². The van der Waals surface area contributed by atoms with Gasteiger partial charge in [0.15, 0.2) is 18.2 Å². The molecule has 5 amide bonds. The van der Waals surface area contributed by atoms with Crippen LogP contribution < -0.4 is 29.7 Å². The minimum absolute atomic E-state index is 0.0196. The SMILES string of the molecule is CC(C)(C)CCN1CC[C@H](CNC(=O)c2cc(Cl)cc(Cl)c2)[C@H](F)C1.CC(C)c1ccc(CC(=O)C[C@H](C)c2cnc(OCC(C)(F)F)cn2)cc1.CC(F)(F)CN1C(=O)N(Cc2cc[n+](O)cc2)c2ccc(F)c(F)c2C1(CCF)c1ccc(F)cc1.CC(F)CN1C(=O)Nc2ccc(Cl)cc2[C@@]1(c1ccc(C#N)cc1)C1CC1.COc1ccc([C@@H](C)CC(=O)Cc2ccc(C(C)(C)C)cc2)nc1. The zero-order chi connectivity index (χ0) is 102. The van der Waals surface area contributed by atoms with Crippen molar-refractivity contribution in [2.75, 3.05) is 69.9 Å². The summed E-state index contributed by atoms with van der Waals surface area (Å²) >= 11 is 18.1. The number of Topliss-reactive ketones (excluding diaryl/α,β-unsaturated/α-hetero) is 2. The Morgan fingerprint density at radius 1 is 0.683 bits per heavy atom. The van der Waals surface area contributed by atoms with Gasteiger partial charge < -0.3 is 34.8 Å². The number of nitriles is 1. The highest BCUT2D eigenvalue weighted by Gasteiger charge is 2.58. The van der Waals surface area contributed by atoms with Crippen LogP contribution in [0.4, 0.5) is 64.9 Å². The number of fused-ring (bicyclic) bond motifs is 2. The highest BCUT2D eigenvalue weighted by atomic mass is 35.5. The van der Waals surface area contributed by atoms with Gasteiger partial charge in [-0.15, -0.1) is 0 Å². The fraction of sp³-hybridized carbons (Fsp3) is 0.421. The minimum Gasteiger partial charge on any atom is -0.495 e. The van der Waals surface area contributed by atoms with Gasteiger partial charge in [-0.25, -0.2) is 54.1 Å². The molecule has 6 heterocycles. The van der Waals surface area contributed by atoms with Crippen LogP contribution in [0.25, 0.3) is 0 Å². The third-order valence-electron chi connectivity index (χ3n) is 24.5. The number of ketones is 2. The van der Waals surface area contributed by atoms with Gasteiger partial charge in [-0.2, -0.15) is 5.26 Å². The largest absolute Gasteiger partial charge is 0.495 e. The van der Waals surface area contributed by atoms with Gasteiger partial charge in [0.1, 0.15) is 46.6 Å². The molecule has 742 valence electrons. The number of piperidine rings is 1. The second-order valence-electron chi connectivity index (χ2n) is 38.7. The number of nitrogens with zero attached hydrogens (tertiary/aromatic N) is 9.